The van der Waals surface area contributed by atoms with Gasteiger partial charge in [-0.05, 0) is 25.1 Å². The van der Waals surface area contributed by atoms with E-state index in [4.69, 9.17) is 4.74 Å². The molecule has 106 valence electrons. The molecule has 0 amide bonds. The molecule has 21 heavy (non-hydrogen) atoms. The summed E-state index contributed by atoms with van der Waals surface area (Å²) in [4.78, 5) is 13.2. The van der Waals surface area contributed by atoms with Crippen molar-refractivity contribution < 1.29 is 14.6 Å². The number of carbonyl (C=O) groups is 1. The Balaban J connectivity index is 2.17. The summed E-state index contributed by atoms with van der Waals surface area (Å²) < 4.78 is 6.53. The van der Waals surface area contributed by atoms with Crippen LogP contribution in [0.1, 0.15) is 22.2 Å². The van der Waals surface area contributed by atoms with Gasteiger partial charge < -0.3 is 9.84 Å². The zero-order valence-corrected chi connectivity index (χ0v) is 12.3. The highest BCUT2D eigenvalue weighted by molar-refractivity contribution is 7.21. The standard InChI is InChI=1S/C17H14O3S/c1-2-20-16-13-9-8-12(18)10-14(13)21-17(16)15(19)11-6-4-3-5-7-11/h3-10,18H,2H2,1H3. The smallest absolute Gasteiger partial charge is 0.206 e. The number of fused-ring (bicyclic) bond motifs is 1. The second-order valence-electron chi connectivity index (χ2n) is 4.57. The molecule has 0 unspecified atom stereocenters. The minimum atomic E-state index is -0.0558. The molecular weight excluding hydrogens is 284 g/mol. The molecule has 1 N–H and O–H groups in total. The molecule has 4 heteroatoms. The van der Waals surface area contributed by atoms with Gasteiger partial charge in [0.25, 0.3) is 0 Å². The minimum Gasteiger partial charge on any atom is -0.508 e. The normalized spacial score (nSPS) is 10.7. The molecular formula is C17H14O3S. The van der Waals surface area contributed by atoms with Crippen LogP contribution in [-0.2, 0) is 0 Å². The highest BCUT2D eigenvalue weighted by Crippen LogP contribution is 2.40. The quantitative estimate of drug-likeness (QED) is 0.733. The van der Waals surface area contributed by atoms with Crippen LogP contribution in [0.4, 0.5) is 0 Å². The monoisotopic (exact) mass is 298 g/mol. The summed E-state index contributed by atoms with van der Waals surface area (Å²) in [6.07, 6.45) is 0. The molecule has 0 radical (unpaired) electrons. The maximum atomic E-state index is 12.7. The van der Waals surface area contributed by atoms with E-state index in [-0.39, 0.29) is 11.5 Å². The SMILES string of the molecule is CCOc1c(C(=O)c2ccccc2)sc2cc(O)ccc12. The number of aromatic hydroxyl groups is 1. The minimum absolute atomic E-state index is 0.0558. The first-order valence-electron chi connectivity index (χ1n) is 6.68. The van der Waals surface area contributed by atoms with E-state index in [1.807, 2.05) is 25.1 Å². The van der Waals surface area contributed by atoms with Crippen molar-refractivity contribution in [2.45, 2.75) is 6.92 Å². The predicted molar refractivity (Wildman–Crippen MR) is 84.5 cm³/mol. The summed E-state index contributed by atoms with van der Waals surface area (Å²) in [5, 5.41) is 10.5. The molecule has 0 saturated carbocycles. The van der Waals surface area contributed by atoms with Gasteiger partial charge in [-0.2, -0.15) is 0 Å². The second kappa shape index (κ2) is 5.58. The number of ether oxygens (including phenoxy) is 1. The Labute approximate surface area is 126 Å². The van der Waals surface area contributed by atoms with Crippen molar-refractivity contribution in [3.8, 4) is 11.5 Å². The van der Waals surface area contributed by atoms with Crippen molar-refractivity contribution in [2.75, 3.05) is 6.61 Å². The van der Waals surface area contributed by atoms with Crippen LogP contribution in [0.2, 0.25) is 0 Å². The van der Waals surface area contributed by atoms with Crippen LogP contribution in [-0.4, -0.2) is 17.5 Å². The maximum absolute atomic E-state index is 12.7. The number of thiophene rings is 1. The van der Waals surface area contributed by atoms with E-state index in [1.165, 1.54) is 11.3 Å². The van der Waals surface area contributed by atoms with Gasteiger partial charge in [-0.25, -0.2) is 0 Å². The topological polar surface area (TPSA) is 46.5 Å². The lowest BCUT2D eigenvalue weighted by Crippen LogP contribution is -2.02. The Hall–Kier alpha value is -2.33. The van der Waals surface area contributed by atoms with Gasteiger partial charge in [0.15, 0.2) is 0 Å². The number of ketones is 1. The molecule has 0 atom stereocenters. The van der Waals surface area contributed by atoms with Gasteiger partial charge in [-0.1, -0.05) is 30.3 Å². The molecule has 0 spiro atoms. The zero-order chi connectivity index (χ0) is 14.8. The largest absolute Gasteiger partial charge is 0.508 e. The molecule has 3 rings (SSSR count). The lowest BCUT2D eigenvalue weighted by molar-refractivity contribution is 0.103. The summed E-state index contributed by atoms with van der Waals surface area (Å²) in [5.74, 6) is 0.733. The van der Waals surface area contributed by atoms with E-state index in [0.29, 0.717) is 22.8 Å². The van der Waals surface area contributed by atoms with Crippen molar-refractivity contribution in [3.05, 3.63) is 59.0 Å². The molecule has 2 aromatic carbocycles. The highest BCUT2D eigenvalue weighted by atomic mass is 32.1. The summed E-state index contributed by atoms with van der Waals surface area (Å²) in [6, 6.07) is 14.2. The van der Waals surface area contributed by atoms with Gasteiger partial charge in [0, 0.05) is 15.6 Å². The summed E-state index contributed by atoms with van der Waals surface area (Å²) in [5.41, 5.74) is 0.634. The van der Waals surface area contributed by atoms with Gasteiger partial charge >= 0.3 is 0 Å². The number of rotatable bonds is 4. The van der Waals surface area contributed by atoms with Gasteiger partial charge in [-0.3, -0.25) is 4.79 Å². The van der Waals surface area contributed by atoms with E-state index in [2.05, 4.69) is 0 Å². The molecule has 1 aromatic heterocycles. The molecule has 0 bridgehead atoms. The van der Waals surface area contributed by atoms with Crippen LogP contribution >= 0.6 is 11.3 Å². The lowest BCUT2D eigenvalue weighted by atomic mass is 10.1. The van der Waals surface area contributed by atoms with Crippen LogP contribution in [0, 0.1) is 0 Å². The first-order valence-corrected chi connectivity index (χ1v) is 7.50. The molecule has 0 aliphatic heterocycles. The highest BCUT2D eigenvalue weighted by Gasteiger charge is 2.21. The third-order valence-corrected chi connectivity index (χ3v) is 4.29. The summed E-state index contributed by atoms with van der Waals surface area (Å²) in [6.45, 7) is 2.38. The van der Waals surface area contributed by atoms with Crippen LogP contribution in [0.3, 0.4) is 0 Å². The predicted octanol–water partition coefficient (Wildman–Crippen LogP) is 4.24. The van der Waals surface area contributed by atoms with Gasteiger partial charge in [0.05, 0.1) is 6.61 Å². The number of phenolic OH excluding ortho intramolecular Hbond substituents is 1. The van der Waals surface area contributed by atoms with Crippen molar-refractivity contribution in [2.24, 2.45) is 0 Å². The molecule has 0 aliphatic carbocycles. The van der Waals surface area contributed by atoms with E-state index in [9.17, 15) is 9.90 Å². The van der Waals surface area contributed by atoms with Crippen molar-refractivity contribution >= 4 is 27.2 Å². The van der Waals surface area contributed by atoms with Crippen molar-refractivity contribution in [1.82, 2.24) is 0 Å². The fourth-order valence-electron chi connectivity index (χ4n) is 2.22. The van der Waals surface area contributed by atoms with E-state index >= 15 is 0 Å². The van der Waals surface area contributed by atoms with Crippen LogP contribution in [0.5, 0.6) is 11.5 Å². The van der Waals surface area contributed by atoms with Crippen molar-refractivity contribution in [3.63, 3.8) is 0 Å². The molecule has 3 nitrogen and oxygen atoms in total. The van der Waals surface area contributed by atoms with E-state index < -0.39 is 0 Å². The first-order chi connectivity index (χ1) is 10.2. The Kier molecular flexibility index (Phi) is 3.62. The maximum Gasteiger partial charge on any atom is 0.206 e. The Bertz CT molecular complexity index is 790. The van der Waals surface area contributed by atoms with Gasteiger partial charge in [-0.15, -0.1) is 11.3 Å². The third-order valence-electron chi connectivity index (χ3n) is 3.16. The number of phenols is 1. The van der Waals surface area contributed by atoms with Crippen LogP contribution in [0.15, 0.2) is 48.5 Å². The Morgan fingerprint density at radius 2 is 1.95 bits per heavy atom. The Morgan fingerprint density at radius 3 is 2.67 bits per heavy atom. The average Bonchev–Trinajstić information content (AvgIpc) is 2.85. The van der Waals surface area contributed by atoms with Gasteiger partial charge in [0.2, 0.25) is 5.78 Å². The lowest BCUT2D eigenvalue weighted by Gasteiger charge is -2.05. The number of hydrogen-bond acceptors (Lipinski definition) is 4. The van der Waals surface area contributed by atoms with Crippen molar-refractivity contribution in [1.29, 1.82) is 0 Å². The van der Waals surface area contributed by atoms with E-state index in [0.717, 1.165) is 10.1 Å². The molecule has 0 saturated heterocycles. The molecule has 1 heterocycles. The van der Waals surface area contributed by atoms with Gasteiger partial charge in [0.1, 0.15) is 16.4 Å². The summed E-state index contributed by atoms with van der Waals surface area (Å²) in [7, 11) is 0. The third kappa shape index (κ3) is 2.50. The zero-order valence-electron chi connectivity index (χ0n) is 11.5. The summed E-state index contributed by atoms with van der Waals surface area (Å²) >= 11 is 1.35. The molecule has 0 fully saturated rings. The number of carbonyl (C=O) groups excluding carboxylic acids is 1. The first kappa shape index (κ1) is 13.6. The fraction of sp³-hybridized carbons (Fsp3) is 0.118. The number of benzene rings is 2. The average molecular weight is 298 g/mol. The second-order valence-corrected chi connectivity index (χ2v) is 5.62. The molecule has 0 aliphatic rings. The van der Waals surface area contributed by atoms with E-state index in [1.54, 1.807) is 30.3 Å². The van der Waals surface area contributed by atoms with Crippen LogP contribution in [0.25, 0.3) is 10.1 Å². The Morgan fingerprint density at radius 1 is 1.19 bits per heavy atom. The molecule has 3 aromatic rings. The fourth-order valence-corrected chi connectivity index (χ4v) is 3.36. The van der Waals surface area contributed by atoms with Crippen LogP contribution < -0.4 is 4.74 Å². The number of hydrogen-bond donors (Lipinski definition) is 1.